The van der Waals surface area contributed by atoms with Crippen LogP contribution in [0.4, 0.5) is 18.9 Å². The Hall–Kier alpha value is -2.45. The average Bonchev–Trinajstić information content (AvgIpc) is 2.38. The molecule has 134 valence electrons. The summed E-state index contributed by atoms with van der Waals surface area (Å²) in [7, 11) is 1.07. The second-order valence-electron chi connectivity index (χ2n) is 5.90. The second kappa shape index (κ2) is 6.58. The first-order valence-electron chi connectivity index (χ1n) is 6.77. The van der Waals surface area contributed by atoms with Crippen LogP contribution in [0.3, 0.4) is 0 Å². The summed E-state index contributed by atoms with van der Waals surface area (Å²) in [6, 6.07) is 1.05. The molecule has 0 bridgehead atoms. The molecule has 0 aliphatic carbocycles. The number of hydrogen-bond acceptors (Lipinski definition) is 6. The molecule has 0 atom stereocenters. The van der Waals surface area contributed by atoms with Crippen molar-refractivity contribution in [1.82, 2.24) is 0 Å². The first-order valence-corrected chi connectivity index (χ1v) is 6.77. The monoisotopic (exact) mass is 349 g/mol. The first-order chi connectivity index (χ1) is 10.8. The van der Waals surface area contributed by atoms with Gasteiger partial charge in [-0.15, -0.1) is 13.2 Å². The van der Waals surface area contributed by atoms with Gasteiger partial charge in [0, 0.05) is 0 Å². The number of hydrogen-bond donors (Lipinski definition) is 1. The number of methoxy groups -OCH3 is 1. The van der Waals surface area contributed by atoms with E-state index in [0.717, 1.165) is 13.2 Å². The summed E-state index contributed by atoms with van der Waals surface area (Å²) in [6.45, 7) is 5.83. The number of carbonyl (C=O) groups is 2. The number of halogens is 3. The zero-order valence-electron chi connectivity index (χ0n) is 13.8. The SMILES string of the molecule is COC(=O)c1cc(C)c(OC(F)(F)F)c(C(=O)OC(C)(C)C)c1N. The lowest BCUT2D eigenvalue weighted by atomic mass is 10.0. The van der Waals surface area contributed by atoms with Crippen molar-refractivity contribution in [1.29, 1.82) is 0 Å². The number of rotatable bonds is 3. The van der Waals surface area contributed by atoms with Crippen LogP contribution in [-0.2, 0) is 9.47 Å². The fourth-order valence-electron chi connectivity index (χ4n) is 1.87. The Balaban J connectivity index is 3.61. The molecule has 0 fully saturated rings. The minimum absolute atomic E-state index is 0.122. The number of esters is 2. The molecule has 0 spiro atoms. The Bertz CT molecular complexity index is 663. The minimum atomic E-state index is -5.05. The maximum Gasteiger partial charge on any atom is 0.573 e. The number of nitrogen functional groups attached to an aromatic ring is 1. The summed E-state index contributed by atoms with van der Waals surface area (Å²) in [5.41, 5.74) is 3.15. The second-order valence-corrected chi connectivity index (χ2v) is 5.90. The van der Waals surface area contributed by atoms with Crippen molar-refractivity contribution in [2.75, 3.05) is 12.8 Å². The number of ether oxygens (including phenoxy) is 3. The molecule has 2 N–H and O–H groups in total. The number of aryl methyl sites for hydroxylation is 1. The highest BCUT2D eigenvalue weighted by atomic mass is 19.4. The van der Waals surface area contributed by atoms with Gasteiger partial charge in [0.1, 0.15) is 16.9 Å². The van der Waals surface area contributed by atoms with Crippen LogP contribution >= 0.6 is 0 Å². The van der Waals surface area contributed by atoms with Crippen LogP contribution in [0.2, 0.25) is 0 Å². The van der Waals surface area contributed by atoms with Gasteiger partial charge in [0.15, 0.2) is 0 Å². The average molecular weight is 349 g/mol. The van der Waals surface area contributed by atoms with E-state index in [0.29, 0.717) is 0 Å². The Morgan fingerprint density at radius 1 is 1.12 bits per heavy atom. The number of benzene rings is 1. The molecule has 0 heterocycles. The smallest absolute Gasteiger partial charge is 0.465 e. The zero-order chi connectivity index (χ0) is 18.9. The molecule has 0 aliphatic rings. The Labute approximate surface area is 136 Å². The lowest BCUT2D eigenvalue weighted by Crippen LogP contribution is -2.27. The van der Waals surface area contributed by atoms with Gasteiger partial charge in [0.2, 0.25) is 0 Å². The summed E-state index contributed by atoms with van der Waals surface area (Å²) in [4.78, 5) is 24.0. The van der Waals surface area contributed by atoms with E-state index in [4.69, 9.17) is 10.5 Å². The maximum atomic E-state index is 12.7. The predicted octanol–water partition coefficient (Wildman–Crippen LogP) is 3.22. The third kappa shape index (κ3) is 4.77. The van der Waals surface area contributed by atoms with E-state index in [-0.39, 0.29) is 11.1 Å². The van der Waals surface area contributed by atoms with Crippen molar-refractivity contribution in [2.45, 2.75) is 39.7 Å². The number of nitrogens with two attached hydrogens (primary N) is 1. The van der Waals surface area contributed by atoms with E-state index in [1.165, 1.54) is 27.7 Å². The highest BCUT2D eigenvalue weighted by Gasteiger charge is 2.37. The van der Waals surface area contributed by atoms with Crippen LogP contribution < -0.4 is 10.5 Å². The minimum Gasteiger partial charge on any atom is -0.465 e. The molecule has 0 unspecified atom stereocenters. The molecule has 1 aromatic carbocycles. The van der Waals surface area contributed by atoms with Crippen molar-refractivity contribution >= 4 is 17.6 Å². The Kier molecular flexibility index (Phi) is 5.37. The van der Waals surface area contributed by atoms with Crippen LogP contribution in [0.25, 0.3) is 0 Å². The molecule has 0 aromatic heterocycles. The lowest BCUT2D eigenvalue weighted by molar-refractivity contribution is -0.274. The summed E-state index contributed by atoms with van der Waals surface area (Å²) >= 11 is 0. The standard InChI is InChI=1S/C15H18F3NO5/c1-7-6-8(12(20)22-5)10(19)9(11(7)23-15(16,17)18)13(21)24-14(2,3)4/h6H,19H2,1-5H3. The normalized spacial score (nSPS) is 11.8. The molecule has 0 aliphatic heterocycles. The van der Waals surface area contributed by atoms with E-state index in [9.17, 15) is 22.8 Å². The number of anilines is 1. The van der Waals surface area contributed by atoms with E-state index in [1.807, 2.05) is 0 Å². The molecule has 9 heteroatoms. The van der Waals surface area contributed by atoms with Gasteiger partial charge < -0.3 is 19.9 Å². The molecular formula is C15H18F3NO5. The highest BCUT2D eigenvalue weighted by molar-refractivity contribution is 6.06. The third-order valence-corrected chi connectivity index (χ3v) is 2.73. The first kappa shape index (κ1) is 19.6. The van der Waals surface area contributed by atoms with E-state index >= 15 is 0 Å². The van der Waals surface area contributed by atoms with Gasteiger partial charge in [0.05, 0.1) is 18.4 Å². The summed E-state index contributed by atoms with van der Waals surface area (Å²) in [5.74, 6) is -2.87. The van der Waals surface area contributed by atoms with E-state index < -0.39 is 40.9 Å². The molecule has 0 amide bonds. The lowest BCUT2D eigenvalue weighted by Gasteiger charge is -2.23. The van der Waals surface area contributed by atoms with Gasteiger partial charge in [-0.3, -0.25) is 0 Å². The summed E-state index contributed by atoms with van der Waals surface area (Å²) in [6.07, 6.45) is -5.05. The van der Waals surface area contributed by atoms with Crippen molar-refractivity contribution < 1.29 is 37.0 Å². The van der Waals surface area contributed by atoms with Crippen LogP contribution in [0.15, 0.2) is 6.07 Å². The third-order valence-electron chi connectivity index (χ3n) is 2.73. The molecular weight excluding hydrogens is 331 g/mol. The zero-order valence-corrected chi connectivity index (χ0v) is 13.8. The summed E-state index contributed by atoms with van der Waals surface area (Å²) in [5, 5.41) is 0. The molecule has 24 heavy (non-hydrogen) atoms. The van der Waals surface area contributed by atoms with Crippen molar-refractivity contribution in [2.24, 2.45) is 0 Å². The Morgan fingerprint density at radius 3 is 2.08 bits per heavy atom. The molecule has 0 saturated carbocycles. The van der Waals surface area contributed by atoms with Crippen LogP contribution in [-0.4, -0.2) is 31.0 Å². The van der Waals surface area contributed by atoms with Gasteiger partial charge in [-0.2, -0.15) is 0 Å². The summed E-state index contributed by atoms with van der Waals surface area (Å²) < 4.78 is 51.5. The van der Waals surface area contributed by atoms with Crippen LogP contribution in [0.1, 0.15) is 47.1 Å². The molecule has 1 aromatic rings. The predicted molar refractivity (Wildman–Crippen MR) is 78.8 cm³/mol. The number of carbonyl (C=O) groups excluding carboxylic acids is 2. The molecule has 0 saturated heterocycles. The van der Waals surface area contributed by atoms with Gasteiger partial charge in [-0.25, -0.2) is 9.59 Å². The van der Waals surface area contributed by atoms with Gasteiger partial charge in [0.25, 0.3) is 0 Å². The largest absolute Gasteiger partial charge is 0.573 e. The van der Waals surface area contributed by atoms with Gasteiger partial charge >= 0.3 is 18.3 Å². The van der Waals surface area contributed by atoms with E-state index in [2.05, 4.69) is 9.47 Å². The number of alkyl halides is 3. The molecule has 6 nitrogen and oxygen atoms in total. The molecule has 1 rings (SSSR count). The topological polar surface area (TPSA) is 87.8 Å². The molecule has 0 radical (unpaired) electrons. The maximum absolute atomic E-state index is 12.7. The van der Waals surface area contributed by atoms with E-state index in [1.54, 1.807) is 0 Å². The van der Waals surface area contributed by atoms with Gasteiger partial charge in [-0.1, -0.05) is 0 Å². The van der Waals surface area contributed by atoms with Crippen LogP contribution in [0.5, 0.6) is 5.75 Å². The Morgan fingerprint density at radius 2 is 1.67 bits per heavy atom. The van der Waals surface area contributed by atoms with Crippen molar-refractivity contribution in [3.8, 4) is 5.75 Å². The van der Waals surface area contributed by atoms with Crippen LogP contribution in [0, 0.1) is 6.92 Å². The fraction of sp³-hybridized carbons (Fsp3) is 0.467. The highest BCUT2D eigenvalue weighted by Crippen LogP contribution is 2.37. The quantitative estimate of drug-likeness (QED) is 0.666. The van der Waals surface area contributed by atoms with Gasteiger partial charge in [-0.05, 0) is 39.3 Å². The van der Waals surface area contributed by atoms with Crippen molar-refractivity contribution in [3.05, 3.63) is 22.8 Å². The fourth-order valence-corrected chi connectivity index (χ4v) is 1.87. The van der Waals surface area contributed by atoms with Crippen molar-refractivity contribution in [3.63, 3.8) is 0 Å².